The topological polar surface area (TPSA) is 26.3 Å². The van der Waals surface area contributed by atoms with E-state index in [1.165, 1.54) is 11.1 Å². The second-order valence-electron chi connectivity index (χ2n) is 5.06. The van der Waals surface area contributed by atoms with Crippen LogP contribution in [0, 0.1) is 5.92 Å². The van der Waals surface area contributed by atoms with Crippen LogP contribution < -0.4 is 0 Å². The molecule has 1 heterocycles. The van der Waals surface area contributed by atoms with Gasteiger partial charge in [-0.3, -0.25) is 0 Å². The molecule has 0 amide bonds. The van der Waals surface area contributed by atoms with Gasteiger partial charge < -0.3 is 4.74 Å². The molecule has 1 aromatic rings. The number of carbonyl (C=O) groups excluding carboxylic acids is 1. The van der Waals surface area contributed by atoms with E-state index in [1.54, 1.807) is 0 Å². The molecule has 2 heteroatoms. The molecule has 0 saturated carbocycles. The van der Waals surface area contributed by atoms with E-state index in [0.29, 0.717) is 6.61 Å². The Balaban J connectivity index is 2.01. The average Bonchev–Trinajstić information content (AvgIpc) is 2.62. The molecule has 1 saturated heterocycles. The molecule has 0 radical (unpaired) electrons. The zero-order valence-corrected chi connectivity index (χ0v) is 10.4. The van der Waals surface area contributed by atoms with Crippen LogP contribution in [-0.4, -0.2) is 12.6 Å². The molecule has 0 N–H and O–H groups in total. The average molecular weight is 240 g/mol. The van der Waals surface area contributed by atoms with Gasteiger partial charge in [-0.25, -0.2) is 4.79 Å². The van der Waals surface area contributed by atoms with Crippen LogP contribution >= 0.6 is 0 Å². The Kier molecular flexibility index (Phi) is 2.78. The van der Waals surface area contributed by atoms with Gasteiger partial charge in [-0.2, -0.15) is 0 Å². The van der Waals surface area contributed by atoms with Crippen LogP contribution in [0.15, 0.2) is 53.6 Å². The molecule has 0 unspecified atom stereocenters. The normalized spacial score (nSPS) is 26.8. The molecular formula is C16H16O2. The number of fused-ring (bicyclic) bond motifs is 1. The summed E-state index contributed by atoms with van der Waals surface area (Å²) in [7, 11) is 0. The van der Waals surface area contributed by atoms with Gasteiger partial charge in [0.2, 0.25) is 0 Å². The second kappa shape index (κ2) is 4.45. The first-order valence-electron chi connectivity index (χ1n) is 6.35. The third kappa shape index (κ3) is 1.99. The van der Waals surface area contributed by atoms with Crippen molar-refractivity contribution >= 4 is 5.97 Å². The third-order valence-corrected chi connectivity index (χ3v) is 3.67. The van der Waals surface area contributed by atoms with Crippen molar-refractivity contribution in [2.45, 2.75) is 19.3 Å². The fraction of sp³-hybridized carbons (Fsp3) is 0.312. The SMILES string of the molecule is CC1=C[C@H]2COC(=O)C2=C[C@@H](c2ccccc2)C1. The molecule has 2 atom stereocenters. The highest BCUT2D eigenvalue weighted by atomic mass is 16.5. The lowest BCUT2D eigenvalue weighted by Crippen LogP contribution is -2.01. The predicted octanol–water partition coefficient (Wildman–Crippen LogP) is 3.22. The van der Waals surface area contributed by atoms with E-state index in [4.69, 9.17) is 4.74 Å². The number of rotatable bonds is 1. The molecule has 18 heavy (non-hydrogen) atoms. The fourth-order valence-corrected chi connectivity index (χ4v) is 2.77. The number of cyclic esters (lactones) is 1. The molecule has 2 nitrogen and oxygen atoms in total. The zero-order chi connectivity index (χ0) is 12.5. The van der Waals surface area contributed by atoms with E-state index in [2.05, 4.69) is 31.2 Å². The van der Waals surface area contributed by atoms with Gasteiger partial charge in [0.25, 0.3) is 0 Å². The minimum Gasteiger partial charge on any atom is -0.461 e. The van der Waals surface area contributed by atoms with Crippen molar-refractivity contribution < 1.29 is 9.53 Å². The highest BCUT2D eigenvalue weighted by molar-refractivity contribution is 5.91. The van der Waals surface area contributed by atoms with Crippen LogP contribution in [-0.2, 0) is 9.53 Å². The number of hydrogen-bond acceptors (Lipinski definition) is 2. The minimum atomic E-state index is -0.146. The van der Waals surface area contributed by atoms with Crippen molar-refractivity contribution in [3.05, 3.63) is 59.2 Å². The first-order valence-corrected chi connectivity index (χ1v) is 6.35. The molecule has 0 spiro atoms. The molecule has 92 valence electrons. The van der Waals surface area contributed by atoms with Gasteiger partial charge in [0.05, 0.1) is 0 Å². The first kappa shape index (κ1) is 11.3. The highest BCUT2D eigenvalue weighted by Crippen LogP contribution is 2.35. The maximum absolute atomic E-state index is 11.7. The summed E-state index contributed by atoms with van der Waals surface area (Å²) in [5.74, 6) is 0.297. The van der Waals surface area contributed by atoms with Crippen molar-refractivity contribution in [3.8, 4) is 0 Å². The minimum absolute atomic E-state index is 0.146. The Labute approximate surface area is 107 Å². The molecule has 1 aliphatic heterocycles. The fourth-order valence-electron chi connectivity index (χ4n) is 2.77. The third-order valence-electron chi connectivity index (χ3n) is 3.67. The summed E-state index contributed by atoms with van der Waals surface area (Å²) >= 11 is 0. The molecule has 3 rings (SSSR count). The summed E-state index contributed by atoms with van der Waals surface area (Å²) < 4.78 is 5.14. The van der Waals surface area contributed by atoms with Crippen molar-refractivity contribution in [2.75, 3.05) is 6.61 Å². The summed E-state index contributed by atoms with van der Waals surface area (Å²) in [5, 5.41) is 0. The van der Waals surface area contributed by atoms with Gasteiger partial charge in [0.15, 0.2) is 0 Å². The van der Waals surface area contributed by atoms with Crippen LogP contribution in [0.1, 0.15) is 24.8 Å². The van der Waals surface area contributed by atoms with Gasteiger partial charge in [0, 0.05) is 17.4 Å². The lowest BCUT2D eigenvalue weighted by molar-refractivity contribution is -0.135. The van der Waals surface area contributed by atoms with Gasteiger partial charge in [-0.1, -0.05) is 48.1 Å². The number of hydrogen-bond donors (Lipinski definition) is 0. The van der Waals surface area contributed by atoms with Crippen LogP contribution in [0.25, 0.3) is 0 Å². The summed E-state index contributed by atoms with van der Waals surface area (Å²) in [5.41, 5.74) is 3.43. The van der Waals surface area contributed by atoms with Gasteiger partial charge >= 0.3 is 5.97 Å². The molecule has 1 aliphatic carbocycles. The van der Waals surface area contributed by atoms with Gasteiger partial charge in [-0.15, -0.1) is 0 Å². The first-order chi connectivity index (χ1) is 8.74. The smallest absolute Gasteiger partial charge is 0.334 e. The quantitative estimate of drug-likeness (QED) is 0.556. The lowest BCUT2D eigenvalue weighted by atomic mass is 9.92. The zero-order valence-electron chi connectivity index (χ0n) is 10.4. The highest BCUT2D eigenvalue weighted by Gasteiger charge is 2.31. The van der Waals surface area contributed by atoms with Crippen LogP contribution in [0.3, 0.4) is 0 Å². The predicted molar refractivity (Wildman–Crippen MR) is 70.1 cm³/mol. The van der Waals surface area contributed by atoms with Crippen LogP contribution in [0.4, 0.5) is 0 Å². The summed E-state index contributed by atoms with van der Waals surface area (Å²) in [6, 6.07) is 10.3. The Bertz CT molecular complexity index is 525. The van der Waals surface area contributed by atoms with E-state index < -0.39 is 0 Å². The van der Waals surface area contributed by atoms with Crippen molar-refractivity contribution in [1.82, 2.24) is 0 Å². The maximum atomic E-state index is 11.7. The van der Waals surface area contributed by atoms with E-state index in [0.717, 1.165) is 12.0 Å². The van der Waals surface area contributed by atoms with Gasteiger partial charge in [-0.05, 0) is 18.9 Å². The molecule has 2 aliphatic rings. The Morgan fingerprint density at radius 3 is 2.67 bits per heavy atom. The lowest BCUT2D eigenvalue weighted by Gasteiger charge is -2.12. The summed E-state index contributed by atoms with van der Waals surface area (Å²) in [6.45, 7) is 2.64. The Morgan fingerprint density at radius 1 is 1.11 bits per heavy atom. The molecule has 1 fully saturated rings. The van der Waals surface area contributed by atoms with Crippen molar-refractivity contribution in [1.29, 1.82) is 0 Å². The van der Waals surface area contributed by atoms with E-state index in [1.807, 2.05) is 18.2 Å². The molecule has 1 aromatic carbocycles. The second-order valence-corrected chi connectivity index (χ2v) is 5.06. The number of allylic oxidation sites excluding steroid dienone is 2. The Morgan fingerprint density at radius 2 is 1.89 bits per heavy atom. The van der Waals surface area contributed by atoms with Crippen LogP contribution in [0.5, 0.6) is 0 Å². The van der Waals surface area contributed by atoms with E-state index in [-0.39, 0.29) is 17.8 Å². The number of benzene rings is 1. The standard InChI is InChI=1S/C16H16O2/c1-11-7-13(12-5-3-2-4-6-12)9-15-14(8-11)10-18-16(15)17/h2-6,8-9,13-14H,7,10H2,1H3/t13-,14-/m0/s1. The van der Waals surface area contributed by atoms with Crippen molar-refractivity contribution in [2.24, 2.45) is 5.92 Å². The number of carbonyl (C=O) groups is 1. The summed E-state index contributed by atoms with van der Waals surface area (Å²) in [6.07, 6.45) is 5.26. The van der Waals surface area contributed by atoms with Gasteiger partial charge in [0.1, 0.15) is 6.61 Å². The van der Waals surface area contributed by atoms with E-state index in [9.17, 15) is 4.79 Å². The van der Waals surface area contributed by atoms with Crippen molar-refractivity contribution in [3.63, 3.8) is 0 Å². The summed E-state index contributed by atoms with van der Waals surface area (Å²) in [4.78, 5) is 11.7. The van der Waals surface area contributed by atoms with E-state index >= 15 is 0 Å². The maximum Gasteiger partial charge on any atom is 0.334 e. The van der Waals surface area contributed by atoms with Crippen LogP contribution in [0.2, 0.25) is 0 Å². The monoisotopic (exact) mass is 240 g/mol. The molecule has 0 aromatic heterocycles. The molecular weight excluding hydrogens is 224 g/mol. The number of esters is 1. The molecule has 0 bridgehead atoms. The largest absolute Gasteiger partial charge is 0.461 e. The number of ether oxygens (including phenoxy) is 1. The Hall–Kier alpha value is -1.83.